The maximum atomic E-state index is 11.4. The van der Waals surface area contributed by atoms with Crippen LogP contribution in [0.3, 0.4) is 0 Å². The van der Waals surface area contributed by atoms with Gasteiger partial charge in [0.05, 0.1) is 25.3 Å². The Hall–Kier alpha value is -2.48. The highest BCUT2D eigenvalue weighted by Crippen LogP contribution is 2.18. The van der Waals surface area contributed by atoms with Crippen molar-refractivity contribution in [3.63, 3.8) is 0 Å². The summed E-state index contributed by atoms with van der Waals surface area (Å²) in [7, 11) is 2.50. The average molecular weight is 248 g/mol. The summed E-state index contributed by atoms with van der Waals surface area (Å²) in [5.74, 6) is 1.66. The summed E-state index contributed by atoms with van der Waals surface area (Å²) < 4.78 is 14.2. The second-order valence-electron chi connectivity index (χ2n) is 3.18. The molecule has 5 nitrogen and oxygen atoms in total. The van der Waals surface area contributed by atoms with E-state index in [9.17, 15) is 9.59 Å². The highest BCUT2D eigenvalue weighted by atomic mass is 16.5. The molecular formula is C13H12O5. The number of carbonyl (C=O) groups excluding carboxylic acids is 2. The summed E-state index contributed by atoms with van der Waals surface area (Å²) in [4.78, 5) is 22.9. The van der Waals surface area contributed by atoms with Crippen LogP contribution < -0.4 is 4.74 Å². The fourth-order valence-corrected chi connectivity index (χ4v) is 1.24. The van der Waals surface area contributed by atoms with E-state index in [0.29, 0.717) is 0 Å². The molecule has 0 saturated heterocycles. The van der Waals surface area contributed by atoms with Gasteiger partial charge in [-0.05, 0) is 18.2 Å². The quantitative estimate of drug-likeness (QED) is 0.600. The maximum Gasteiger partial charge on any atom is 0.338 e. The number of hydrogen-bond acceptors (Lipinski definition) is 5. The molecule has 18 heavy (non-hydrogen) atoms. The molecule has 0 N–H and O–H groups in total. The monoisotopic (exact) mass is 248 g/mol. The second-order valence-corrected chi connectivity index (χ2v) is 3.18. The largest absolute Gasteiger partial charge is 0.465 e. The minimum Gasteiger partial charge on any atom is -0.465 e. The predicted molar refractivity (Wildman–Crippen MR) is 63.2 cm³/mol. The van der Waals surface area contributed by atoms with Gasteiger partial charge in [-0.1, -0.05) is 5.92 Å². The van der Waals surface area contributed by atoms with Gasteiger partial charge in [-0.25, -0.2) is 9.59 Å². The molecule has 0 bridgehead atoms. The number of ether oxygens (including phenoxy) is 3. The lowest BCUT2D eigenvalue weighted by Crippen LogP contribution is -2.07. The molecule has 0 amide bonds. The molecule has 1 rings (SSSR count). The zero-order valence-electron chi connectivity index (χ0n) is 10.3. The summed E-state index contributed by atoms with van der Waals surface area (Å²) in [6.07, 6.45) is 2.38. The lowest BCUT2D eigenvalue weighted by atomic mass is 10.1. The van der Waals surface area contributed by atoms with Crippen LogP contribution in [-0.4, -0.2) is 26.2 Å². The maximum absolute atomic E-state index is 11.4. The Morgan fingerprint density at radius 3 is 1.89 bits per heavy atom. The molecule has 0 aliphatic heterocycles. The van der Waals surface area contributed by atoms with E-state index in [4.69, 9.17) is 4.74 Å². The predicted octanol–water partition coefficient (Wildman–Crippen LogP) is 1.62. The van der Waals surface area contributed by atoms with Crippen LogP contribution in [0.5, 0.6) is 5.75 Å². The number of benzene rings is 1. The molecule has 0 aliphatic carbocycles. The standard InChI is InChI=1S/C13H12O5/c1-4-5-18-11-7-9(12(14)16-2)6-10(8-11)13(15)17-3/h6-8H,1-3H3. The molecule has 0 aliphatic rings. The van der Waals surface area contributed by atoms with Crippen LogP contribution in [0.4, 0.5) is 0 Å². The van der Waals surface area contributed by atoms with Gasteiger partial charge in [0, 0.05) is 6.92 Å². The molecular weight excluding hydrogens is 236 g/mol. The normalized spacial score (nSPS) is 8.83. The first-order valence-corrected chi connectivity index (χ1v) is 5.02. The topological polar surface area (TPSA) is 61.8 Å². The van der Waals surface area contributed by atoms with E-state index in [1.807, 2.05) is 0 Å². The molecule has 0 radical (unpaired) electrons. The van der Waals surface area contributed by atoms with Crippen molar-refractivity contribution in [3.05, 3.63) is 29.3 Å². The van der Waals surface area contributed by atoms with Crippen LogP contribution in [0.15, 0.2) is 18.2 Å². The SMILES string of the molecule is CC#COc1cc(C(=O)OC)cc(C(=O)OC)c1. The van der Waals surface area contributed by atoms with E-state index in [2.05, 4.69) is 21.5 Å². The molecule has 0 atom stereocenters. The lowest BCUT2D eigenvalue weighted by molar-refractivity contribution is 0.0598. The van der Waals surface area contributed by atoms with Crippen molar-refractivity contribution < 1.29 is 23.8 Å². The Kier molecular flexibility index (Phi) is 4.76. The third kappa shape index (κ3) is 3.25. The smallest absolute Gasteiger partial charge is 0.338 e. The molecule has 0 unspecified atom stereocenters. The van der Waals surface area contributed by atoms with Crippen molar-refractivity contribution in [2.75, 3.05) is 14.2 Å². The molecule has 0 fully saturated rings. The Bertz CT molecular complexity index is 488. The Labute approximate surface area is 105 Å². The summed E-state index contributed by atoms with van der Waals surface area (Å²) >= 11 is 0. The van der Waals surface area contributed by atoms with E-state index >= 15 is 0 Å². The fraction of sp³-hybridized carbons (Fsp3) is 0.231. The van der Waals surface area contributed by atoms with Gasteiger partial charge < -0.3 is 14.2 Å². The summed E-state index contributed by atoms with van der Waals surface area (Å²) in [6, 6.07) is 4.23. The molecule has 5 heteroatoms. The van der Waals surface area contributed by atoms with Crippen LogP contribution >= 0.6 is 0 Å². The first kappa shape index (κ1) is 13.6. The average Bonchev–Trinajstić information content (AvgIpc) is 2.42. The zero-order valence-corrected chi connectivity index (χ0v) is 10.3. The van der Waals surface area contributed by atoms with Gasteiger partial charge in [0.2, 0.25) is 0 Å². The van der Waals surface area contributed by atoms with Gasteiger partial charge in [0.15, 0.2) is 0 Å². The summed E-state index contributed by atoms with van der Waals surface area (Å²) in [5.41, 5.74) is 0.376. The van der Waals surface area contributed by atoms with Crippen molar-refractivity contribution >= 4 is 11.9 Å². The highest BCUT2D eigenvalue weighted by Gasteiger charge is 2.14. The van der Waals surface area contributed by atoms with E-state index < -0.39 is 11.9 Å². The minimum absolute atomic E-state index is 0.188. The van der Waals surface area contributed by atoms with Crippen molar-refractivity contribution in [2.24, 2.45) is 0 Å². The van der Waals surface area contributed by atoms with Gasteiger partial charge in [-0.2, -0.15) is 0 Å². The first-order chi connectivity index (χ1) is 8.62. The number of esters is 2. The van der Waals surface area contributed by atoms with E-state index in [1.165, 1.54) is 32.4 Å². The number of rotatable bonds is 3. The third-order valence-corrected chi connectivity index (χ3v) is 2.02. The van der Waals surface area contributed by atoms with Crippen molar-refractivity contribution in [1.29, 1.82) is 0 Å². The summed E-state index contributed by atoms with van der Waals surface area (Å²) in [5, 5.41) is 0. The molecule has 1 aromatic carbocycles. The Morgan fingerprint density at radius 1 is 1.00 bits per heavy atom. The van der Waals surface area contributed by atoms with E-state index in [-0.39, 0.29) is 16.9 Å². The first-order valence-electron chi connectivity index (χ1n) is 5.02. The van der Waals surface area contributed by atoms with E-state index in [1.54, 1.807) is 6.92 Å². The third-order valence-electron chi connectivity index (χ3n) is 2.02. The number of carbonyl (C=O) groups is 2. The van der Waals surface area contributed by atoms with Crippen LogP contribution in [0.2, 0.25) is 0 Å². The van der Waals surface area contributed by atoms with Crippen LogP contribution in [0.1, 0.15) is 27.6 Å². The number of methoxy groups -OCH3 is 2. The molecule has 0 heterocycles. The second kappa shape index (κ2) is 6.30. The molecule has 94 valence electrons. The molecule has 1 aromatic rings. The Morgan fingerprint density at radius 2 is 1.50 bits per heavy atom. The Balaban J connectivity index is 3.22. The minimum atomic E-state index is -0.574. The number of hydrogen-bond donors (Lipinski definition) is 0. The van der Waals surface area contributed by atoms with Crippen LogP contribution in [0.25, 0.3) is 0 Å². The zero-order chi connectivity index (χ0) is 13.5. The van der Waals surface area contributed by atoms with Crippen molar-refractivity contribution in [1.82, 2.24) is 0 Å². The van der Waals surface area contributed by atoms with Gasteiger partial charge in [0.25, 0.3) is 0 Å². The molecule has 0 aromatic heterocycles. The van der Waals surface area contributed by atoms with Gasteiger partial charge in [-0.3, -0.25) is 0 Å². The highest BCUT2D eigenvalue weighted by molar-refractivity contribution is 5.96. The van der Waals surface area contributed by atoms with Crippen LogP contribution in [0, 0.1) is 12.0 Å². The van der Waals surface area contributed by atoms with Gasteiger partial charge in [0.1, 0.15) is 11.9 Å². The van der Waals surface area contributed by atoms with Crippen LogP contribution in [-0.2, 0) is 9.47 Å². The molecule has 0 spiro atoms. The lowest BCUT2D eigenvalue weighted by Gasteiger charge is -2.05. The van der Waals surface area contributed by atoms with E-state index in [0.717, 1.165) is 0 Å². The van der Waals surface area contributed by atoms with Gasteiger partial charge in [-0.15, -0.1) is 0 Å². The summed E-state index contributed by atoms with van der Waals surface area (Å²) in [6.45, 7) is 1.60. The molecule has 0 saturated carbocycles. The van der Waals surface area contributed by atoms with Crippen molar-refractivity contribution in [3.8, 4) is 17.8 Å². The fourth-order valence-electron chi connectivity index (χ4n) is 1.24. The van der Waals surface area contributed by atoms with Crippen molar-refractivity contribution in [2.45, 2.75) is 6.92 Å². The van der Waals surface area contributed by atoms with Gasteiger partial charge >= 0.3 is 11.9 Å².